The molecule has 1 aliphatic heterocycles. The molecule has 5 nitrogen and oxygen atoms in total. The molecule has 0 aromatic heterocycles. The van der Waals surface area contributed by atoms with E-state index in [4.69, 9.17) is 4.84 Å². The second-order valence-corrected chi connectivity index (χ2v) is 3.07. The van der Waals surface area contributed by atoms with Gasteiger partial charge in [0, 0.05) is 12.6 Å². The molecule has 13 heavy (non-hydrogen) atoms. The Morgan fingerprint density at radius 1 is 1.85 bits per heavy atom. The first-order chi connectivity index (χ1) is 6.08. The van der Waals surface area contributed by atoms with E-state index < -0.39 is 11.6 Å². The lowest BCUT2D eigenvalue weighted by molar-refractivity contribution is -0.167. The Morgan fingerprint density at radius 3 is 3.00 bits per heavy atom. The van der Waals surface area contributed by atoms with E-state index in [1.165, 1.54) is 6.21 Å². The number of carbonyl (C=O) groups excluding carboxylic acids is 1. The Balaban J connectivity index is 2.57. The lowest BCUT2D eigenvalue weighted by Gasteiger charge is -2.16. The molecule has 0 aromatic rings. The fourth-order valence-corrected chi connectivity index (χ4v) is 1.04. The Labute approximate surface area is 76.4 Å². The van der Waals surface area contributed by atoms with E-state index in [9.17, 15) is 4.79 Å². The minimum absolute atomic E-state index is 0.449. The van der Waals surface area contributed by atoms with Crippen LogP contribution in [0.5, 0.6) is 0 Å². The molecule has 0 N–H and O–H groups in total. The molecule has 1 aliphatic rings. The fourth-order valence-electron chi connectivity index (χ4n) is 1.04. The van der Waals surface area contributed by atoms with Crippen LogP contribution in [0.4, 0.5) is 0 Å². The van der Waals surface area contributed by atoms with Crippen LogP contribution < -0.4 is 0 Å². The van der Waals surface area contributed by atoms with Crippen LogP contribution >= 0.6 is 0 Å². The molecule has 0 fully saturated rings. The number of oxime groups is 2. The summed E-state index contributed by atoms with van der Waals surface area (Å²) in [5.41, 5.74) is -0.226. The smallest absolute Gasteiger partial charge is 0.377 e. The van der Waals surface area contributed by atoms with Gasteiger partial charge in [0.05, 0.1) is 5.71 Å². The predicted molar refractivity (Wildman–Crippen MR) is 47.5 cm³/mol. The van der Waals surface area contributed by atoms with Crippen molar-refractivity contribution in [2.45, 2.75) is 32.8 Å². The molecule has 0 bridgehead atoms. The van der Waals surface area contributed by atoms with Gasteiger partial charge in [0.1, 0.15) is 0 Å². The minimum Gasteiger partial charge on any atom is -0.377 e. The topological polar surface area (TPSA) is 60.2 Å². The van der Waals surface area contributed by atoms with Crippen LogP contribution in [0.25, 0.3) is 0 Å². The zero-order chi connectivity index (χ0) is 9.90. The van der Waals surface area contributed by atoms with Crippen molar-refractivity contribution in [2.75, 3.05) is 0 Å². The quantitative estimate of drug-likeness (QED) is 0.366. The number of rotatable bonds is 2. The normalized spacial score (nSPS) is 27.2. The Hall–Kier alpha value is -1.39. The molecule has 0 amide bonds. The van der Waals surface area contributed by atoms with Gasteiger partial charge in [0.15, 0.2) is 0 Å². The molecular formula is C8H12N2O3. The highest BCUT2D eigenvalue weighted by atomic mass is 16.7. The monoisotopic (exact) mass is 184 g/mol. The van der Waals surface area contributed by atoms with E-state index >= 15 is 0 Å². The summed E-state index contributed by atoms with van der Waals surface area (Å²) in [6, 6.07) is 0. The first-order valence-electron chi connectivity index (χ1n) is 3.99. The van der Waals surface area contributed by atoms with Crippen molar-refractivity contribution < 1.29 is 14.5 Å². The third-order valence-electron chi connectivity index (χ3n) is 1.67. The highest BCUT2D eigenvalue weighted by molar-refractivity contribution is 5.92. The summed E-state index contributed by atoms with van der Waals surface area (Å²) < 4.78 is 0. The summed E-state index contributed by atoms with van der Waals surface area (Å²) in [7, 11) is 0. The molecule has 1 unspecified atom stereocenters. The van der Waals surface area contributed by atoms with Gasteiger partial charge in [-0.2, -0.15) is 0 Å². The number of carbonyl (C=O) groups is 1. The third-order valence-corrected chi connectivity index (χ3v) is 1.67. The van der Waals surface area contributed by atoms with E-state index in [-0.39, 0.29) is 0 Å². The van der Waals surface area contributed by atoms with Crippen molar-refractivity contribution in [1.82, 2.24) is 0 Å². The summed E-state index contributed by atoms with van der Waals surface area (Å²) in [5.74, 6) is -0.522. The second-order valence-electron chi connectivity index (χ2n) is 3.07. The van der Waals surface area contributed by atoms with Crippen LogP contribution in [0.1, 0.15) is 27.2 Å². The van der Waals surface area contributed by atoms with Crippen molar-refractivity contribution in [3.05, 3.63) is 0 Å². The number of hydrogen-bond donors (Lipinski definition) is 0. The van der Waals surface area contributed by atoms with Crippen molar-refractivity contribution >= 4 is 17.9 Å². The van der Waals surface area contributed by atoms with Gasteiger partial charge in [-0.25, -0.2) is 4.79 Å². The molecule has 1 heterocycles. The first kappa shape index (κ1) is 9.70. The minimum atomic E-state index is -1.00. The standard InChI is InChI=1S/C8H12N2O3/c1-4-9-12-7(11)8(3)5-6(2)10-13-8/h4H,5H2,1-3H3/b9-4+. The predicted octanol–water partition coefficient (Wildman–Crippen LogP) is 1.09. The Bertz CT molecular complexity index is 273. The van der Waals surface area contributed by atoms with Gasteiger partial charge in [-0.3, -0.25) is 0 Å². The van der Waals surface area contributed by atoms with Crippen molar-refractivity contribution in [3.8, 4) is 0 Å². The van der Waals surface area contributed by atoms with Crippen LogP contribution in [0.3, 0.4) is 0 Å². The molecule has 0 aliphatic carbocycles. The number of nitrogens with zero attached hydrogens (tertiary/aromatic N) is 2. The molecule has 0 aromatic carbocycles. The van der Waals surface area contributed by atoms with E-state index in [2.05, 4.69) is 15.1 Å². The summed E-state index contributed by atoms with van der Waals surface area (Å²) >= 11 is 0. The largest absolute Gasteiger partial charge is 0.381 e. The molecule has 72 valence electrons. The van der Waals surface area contributed by atoms with Gasteiger partial charge in [0.25, 0.3) is 0 Å². The van der Waals surface area contributed by atoms with Crippen LogP contribution in [-0.4, -0.2) is 23.5 Å². The van der Waals surface area contributed by atoms with Crippen LogP contribution in [-0.2, 0) is 14.5 Å². The zero-order valence-corrected chi connectivity index (χ0v) is 7.90. The maximum absolute atomic E-state index is 11.3. The zero-order valence-electron chi connectivity index (χ0n) is 7.90. The lowest BCUT2D eigenvalue weighted by Crippen LogP contribution is -2.36. The average Bonchev–Trinajstić information content (AvgIpc) is 2.43. The summed E-state index contributed by atoms with van der Waals surface area (Å²) in [5, 5.41) is 7.06. The van der Waals surface area contributed by atoms with Crippen LogP contribution in [0.2, 0.25) is 0 Å². The molecule has 0 spiro atoms. The van der Waals surface area contributed by atoms with Gasteiger partial charge in [-0.1, -0.05) is 10.3 Å². The van der Waals surface area contributed by atoms with Gasteiger partial charge in [0.2, 0.25) is 5.60 Å². The first-order valence-corrected chi connectivity index (χ1v) is 3.99. The summed E-state index contributed by atoms with van der Waals surface area (Å²) in [6.07, 6.45) is 1.84. The molecule has 1 rings (SSSR count). The maximum Gasteiger partial charge on any atom is 0.381 e. The van der Waals surface area contributed by atoms with Crippen LogP contribution in [0, 0.1) is 0 Å². The molecule has 1 atom stereocenters. The summed E-state index contributed by atoms with van der Waals surface area (Å²) in [6.45, 7) is 5.08. The van der Waals surface area contributed by atoms with E-state index in [0.29, 0.717) is 6.42 Å². The Kier molecular flexibility index (Phi) is 2.65. The van der Waals surface area contributed by atoms with Gasteiger partial charge >= 0.3 is 5.97 Å². The van der Waals surface area contributed by atoms with E-state index in [0.717, 1.165) is 5.71 Å². The lowest BCUT2D eigenvalue weighted by atomic mass is 10.0. The number of hydrogen-bond acceptors (Lipinski definition) is 5. The molecule has 0 saturated heterocycles. The maximum atomic E-state index is 11.3. The average molecular weight is 184 g/mol. The van der Waals surface area contributed by atoms with Gasteiger partial charge in [-0.05, 0) is 20.8 Å². The highest BCUT2D eigenvalue weighted by Crippen LogP contribution is 2.24. The fraction of sp³-hybridized carbons (Fsp3) is 0.625. The summed E-state index contributed by atoms with van der Waals surface area (Å²) in [4.78, 5) is 20.8. The molecular weight excluding hydrogens is 172 g/mol. The van der Waals surface area contributed by atoms with Gasteiger partial charge < -0.3 is 9.68 Å². The molecule has 0 radical (unpaired) electrons. The van der Waals surface area contributed by atoms with Gasteiger partial charge in [-0.15, -0.1) is 0 Å². The van der Waals surface area contributed by atoms with E-state index in [1.807, 2.05) is 0 Å². The van der Waals surface area contributed by atoms with Crippen molar-refractivity contribution in [3.63, 3.8) is 0 Å². The van der Waals surface area contributed by atoms with Crippen LogP contribution in [0.15, 0.2) is 10.3 Å². The Morgan fingerprint density at radius 2 is 2.54 bits per heavy atom. The van der Waals surface area contributed by atoms with Crippen molar-refractivity contribution in [1.29, 1.82) is 0 Å². The second kappa shape index (κ2) is 3.55. The SMILES string of the molecule is C/C=N/OC(=O)C1(C)CC(C)=NO1. The molecule has 0 saturated carbocycles. The van der Waals surface area contributed by atoms with E-state index in [1.54, 1.807) is 20.8 Å². The third kappa shape index (κ3) is 2.05. The molecule has 5 heteroatoms. The van der Waals surface area contributed by atoms with Crippen molar-refractivity contribution in [2.24, 2.45) is 10.3 Å². The highest BCUT2D eigenvalue weighted by Gasteiger charge is 2.42.